The van der Waals surface area contributed by atoms with Crippen LogP contribution < -0.4 is 16.2 Å². The molecule has 2 aromatic carbocycles. The Hall–Kier alpha value is -3.82. The molecule has 4 rings (SSSR count). The van der Waals surface area contributed by atoms with Gasteiger partial charge in [0.15, 0.2) is 11.5 Å². The number of para-hydroxylation sites is 1. The van der Waals surface area contributed by atoms with Gasteiger partial charge in [0, 0.05) is 5.56 Å². The quantitative estimate of drug-likeness (QED) is 0.558. The Bertz CT molecular complexity index is 1140. The molecular formula is C18H13F3N6O. The van der Waals surface area contributed by atoms with Crippen LogP contribution >= 0.6 is 0 Å². The summed E-state index contributed by atoms with van der Waals surface area (Å²) in [5, 5.41) is 4.79. The van der Waals surface area contributed by atoms with E-state index in [1.165, 1.54) is 28.9 Å². The summed E-state index contributed by atoms with van der Waals surface area (Å²) in [4.78, 5) is 8.57. The Labute approximate surface area is 156 Å². The smallest absolute Gasteiger partial charge is 0.406 e. The van der Waals surface area contributed by atoms with E-state index in [2.05, 4.69) is 19.8 Å². The molecular weight excluding hydrogens is 373 g/mol. The van der Waals surface area contributed by atoms with Crippen LogP contribution in [0.2, 0.25) is 0 Å². The number of hydrogen-bond acceptors (Lipinski definition) is 6. The second-order valence-corrected chi connectivity index (χ2v) is 5.84. The van der Waals surface area contributed by atoms with Crippen molar-refractivity contribution in [3.05, 3.63) is 54.6 Å². The highest BCUT2D eigenvalue weighted by molar-refractivity contribution is 5.96. The van der Waals surface area contributed by atoms with Crippen molar-refractivity contribution in [2.24, 2.45) is 0 Å². The topological polar surface area (TPSA) is 105 Å². The van der Waals surface area contributed by atoms with Crippen molar-refractivity contribution >= 4 is 22.7 Å². The molecule has 0 fully saturated rings. The summed E-state index contributed by atoms with van der Waals surface area (Å²) in [6, 6.07) is 14.3. The average Bonchev–Trinajstić information content (AvgIpc) is 2.99. The maximum atomic E-state index is 12.3. The van der Waals surface area contributed by atoms with Crippen LogP contribution in [0.15, 0.2) is 54.6 Å². The molecule has 0 aliphatic heterocycles. The minimum atomic E-state index is -4.76. The van der Waals surface area contributed by atoms with E-state index in [0.29, 0.717) is 16.8 Å². The van der Waals surface area contributed by atoms with Gasteiger partial charge in [0.1, 0.15) is 22.8 Å². The fourth-order valence-corrected chi connectivity index (χ4v) is 2.74. The van der Waals surface area contributed by atoms with Crippen LogP contribution in [0, 0.1) is 0 Å². The van der Waals surface area contributed by atoms with Gasteiger partial charge in [-0.15, -0.1) is 18.3 Å². The maximum Gasteiger partial charge on any atom is 0.573 e. The van der Waals surface area contributed by atoms with E-state index in [1.807, 2.05) is 30.3 Å². The van der Waals surface area contributed by atoms with Crippen LogP contribution in [0.3, 0.4) is 0 Å². The number of halogens is 3. The number of fused-ring (bicyclic) bond motifs is 1. The van der Waals surface area contributed by atoms with E-state index >= 15 is 0 Å². The molecule has 142 valence electrons. The van der Waals surface area contributed by atoms with Gasteiger partial charge in [-0.25, -0.2) is 14.6 Å². The van der Waals surface area contributed by atoms with Crippen LogP contribution in [0.4, 0.5) is 24.8 Å². The number of nitrogen functional groups attached to an aromatic ring is 2. The van der Waals surface area contributed by atoms with Gasteiger partial charge >= 0.3 is 6.36 Å². The van der Waals surface area contributed by atoms with Gasteiger partial charge < -0.3 is 16.2 Å². The minimum absolute atomic E-state index is 0.121. The third kappa shape index (κ3) is 3.27. The van der Waals surface area contributed by atoms with Gasteiger partial charge in [0.05, 0.1) is 5.69 Å². The van der Waals surface area contributed by atoms with Crippen LogP contribution in [-0.4, -0.2) is 26.1 Å². The Kier molecular flexibility index (Phi) is 4.03. The number of rotatable bonds is 3. The molecule has 2 heterocycles. The number of hydrogen-bond donors (Lipinski definition) is 2. The van der Waals surface area contributed by atoms with Crippen molar-refractivity contribution < 1.29 is 17.9 Å². The summed E-state index contributed by atoms with van der Waals surface area (Å²) >= 11 is 0. The van der Waals surface area contributed by atoms with Gasteiger partial charge in [0.25, 0.3) is 0 Å². The first-order valence-electron chi connectivity index (χ1n) is 8.05. The summed E-state index contributed by atoms with van der Waals surface area (Å²) in [5.74, 6) is 0.277. The molecule has 0 aliphatic rings. The second-order valence-electron chi connectivity index (χ2n) is 5.84. The molecule has 4 aromatic rings. The lowest BCUT2D eigenvalue weighted by atomic mass is 10.2. The predicted molar refractivity (Wildman–Crippen MR) is 97.6 cm³/mol. The Balaban J connectivity index is 1.75. The van der Waals surface area contributed by atoms with Gasteiger partial charge in [-0.3, -0.25) is 0 Å². The zero-order chi connectivity index (χ0) is 19.9. The van der Waals surface area contributed by atoms with Crippen molar-refractivity contribution in [3.63, 3.8) is 0 Å². The van der Waals surface area contributed by atoms with Crippen LogP contribution in [-0.2, 0) is 0 Å². The molecule has 0 aliphatic carbocycles. The van der Waals surface area contributed by atoms with Crippen LogP contribution in [0.5, 0.6) is 5.75 Å². The van der Waals surface area contributed by atoms with Crippen molar-refractivity contribution in [1.82, 2.24) is 19.7 Å². The molecule has 7 nitrogen and oxygen atoms in total. The molecule has 10 heteroatoms. The Morgan fingerprint density at radius 1 is 0.893 bits per heavy atom. The lowest BCUT2D eigenvalue weighted by molar-refractivity contribution is -0.274. The number of nitrogens with zero attached hydrogens (tertiary/aromatic N) is 4. The first-order chi connectivity index (χ1) is 13.3. The first-order valence-corrected chi connectivity index (χ1v) is 8.05. The third-order valence-electron chi connectivity index (χ3n) is 3.94. The number of aromatic nitrogens is 4. The largest absolute Gasteiger partial charge is 0.573 e. The highest BCUT2D eigenvalue weighted by Gasteiger charge is 2.31. The molecule has 0 unspecified atom stereocenters. The zero-order valence-electron chi connectivity index (χ0n) is 14.2. The fraction of sp³-hybridized carbons (Fsp3) is 0.0556. The highest BCUT2D eigenvalue weighted by Crippen LogP contribution is 2.30. The highest BCUT2D eigenvalue weighted by atomic mass is 19.4. The van der Waals surface area contributed by atoms with E-state index in [9.17, 15) is 13.2 Å². The maximum absolute atomic E-state index is 12.3. The number of ether oxygens (including phenoxy) is 1. The van der Waals surface area contributed by atoms with E-state index in [0.717, 1.165) is 5.69 Å². The molecule has 0 saturated heterocycles. The zero-order valence-corrected chi connectivity index (χ0v) is 14.2. The number of benzene rings is 2. The third-order valence-corrected chi connectivity index (χ3v) is 3.94. The normalized spacial score (nSPS) is 11.7. The van der Waals surface area contributed by atoms with Crippen LogP contribution in [0.1, 0.15) is 0 Å². The number of nitrogens with two attached hydrogens (primary N) is 2. The molecule has 28 heavy (non-hydrogen) atoms. The van der Waals surface area contributed by atoms with Gasteiger partial charge in [-0.1, -0.05) is 18.2 Å². The van der Waals surface area contributed by atoms with E-state index in [-0.39, 0.29) is 23.0 Å². The second kappa shape index (κ2) is 6.41. The minimum Gasteiger partial charge on any atom is -0.406 e. The van der Waals surface area contributed by atoms with E-state index in [1.54, 1.807) is 0 Å². The Morgan fingerprint density at radius 3 is 2.21 bits per heavy atom. The average molecular weight is 386 g/mol. The molecule has 0 bridgehead atoms. The summed E-state index contributed by atoms with van der Waals surface area (Å²) in [6.07, 6.45) is -4.76. The molecule has 0 atom stereocenters. The van der Waals surface area contributed by atoms with E-state index < -0.39 is 6.36 Å². The number of alkyl halides is 3. The summed E-state index contributed by atoms with van der Waals surface area (Å²) in [6.45, 7) is 0. The lowest BCUT2D eigenvalue weighted by Crippen LogP contribution is -2.16. The standard InChI is InChI=1S/C18H13F3N6O/c19-18(20,21)28-12-8-6-10(7-9-12)16-24-14(22)13-15(23)27(26-17(13)25-16)11-4-2-1-3-5-11/h1-9H,23H2,(H2,22,24,25,26). The monoisotopic (exact) mass is 386 g/mol. The van der Waals surface area contributed by atoms with Gasteiger partial charge in [-0.2, -0.15) is 0 Å². The van der Waals surface area contributed by atoms with E-state index in [4.69, 9.17) is 11.5 Å². The molecule has 2 aromatic heterocycles. The van der Waals surface area contributed by atoms with Crippen molar-refractivity contribution in [2.75, 3.05) is 11.5 Å². The predicted octanol–water partition coefficient (Wildman–Crippen LogP) is 3.55. The molecule has 0 saturated carbocycles. The summed E-state index contributed by atoms with van der Waals surface area (Å²) in [7, 11) is 0. The SMILES string of the molecule is Nc1nc(-c2ccc(OC(F)(F)F)cc2)nc2nn(-c3ccccc3)c(N)c12. The molecule has 4 N–H and O–H groups in total. The number of anilines is 2. The fourth-order valence-electron chi connectivity index (χ4n) is 2.74. The Morgan fingerprint density at radius 2 is 1.57 bits per heavy atom. The van der Waals surface area contributed by atoms with Crippen LogP contribution in [0.25, 0.3) is 28.1 Å². The van der Waals surface area contributed by atoms with Crippen molar-refractivity contribution in [2.45, 2.75) is 6.36 Å². The van der Waals surface area contributed by atoms with Crippen molar-refractivity contribution in [3.8, 4) is 22.8 Å². The summed E-state index contributed by atoms with van der Waals surface area (Å²) < 4.78 is 42.2. The molecule has 0 spiro atoms. The molecule has 0 amide bonds. The van der Waals surface area contributed by atoms with Crippen molar-refractivity contribution in [1.29, 1.82) is 0 Å². The lowest BCUT2D eigenvalue weighted by Gasteiger charge is -2.09. The van der Waals surface area contributed by atoms with Gasteiger partial charge in [0.2, 0.25) is 0 Å². The first kappa shape index (κ1) is 17.6. The summed E-state index contributed by atoms with van der Waals surface area (Å²) in [5.41, 5.74) is 13.7. The molecule has 0 radical (unpaired) electrons. The van der Waals surface area contributed by atoms with Gasteiger partial charge in [-0.05, 0) is 36.4 Å².